The maximum atomic E-state index is 13.4. The van der Waals surface area contributed by atoms with Crippen LogP contribution in [0.25, 0.3) is 0 Å². The van der Waals surface area contributed by atoms with Gasteiger partial charge < -0.3 is 15.4 Å². The Morgan fingerprint density at radius 1 is 0.848 bits per heavy atom. The molecule has 1 saturated carbocycles. The minimum absolute atomic E-state index is 0.0835. The first-order valence-electron chi connectivity index (χ1n) is 11.6. The fraction of sp³-hybridized carbons (Fsp3) is 0.286. The summed E-state index contributed by atoms with van der Waals surface area (Å²) in [4.78, 5) is 26.6. The molecule has 3 aromatic carbocycles. The van der Waals surface area contributed by atoms with E-state index in [1.807, 2.05) is 60.7 Å². The van der Waals surface area contributed by atoms with E-state index in [0.717, 1.165) is 37.0 Å². The lowest BCUT2D eigenvalue weighted by Crippen LogP contribution is -2.41. The molecule has 33 heavy (non-hydrogen) atoms. The Hall–Kier alpha value is -3.60. The van der Waals surface area contributed by atoms with Gasteiger partial charge in [-0.1, -0.05) is 73.9 Å². The second kappa shape index (κ2) is 10.8. The van der Waals surface area contributed by atoms with Gasteiger partial charge in [0.25, 0.3) is 0 Å². The number of anilines is 1. The van der Waals surface area contributed by atoms with Gasteiger partial charge in [0, 0.05) is 22.9 Å². The molecule has 5 heteroatoms. The number of rotatable bonds is 8. The molecule has 5 nitrogen and oxygen atoms in total. The van der Waals surface area contributed by atoms with Crippen LogP contribution in [0.3, 0.4) is 0 Å². The maximum Gasteiger partial charge on any atom is 0.247 e. The van der Waals surface area contributed by atoms with Gasteiger partial charge in [-0.2, -0.15) is 0 Å². The molecule has 0 saturated heterocycles. The van der Waals surface area contributed by atoms with Crippen LogP contribution in [0, 0.1) is 0 Å². The van der Waals surface area contributed by atoms with E-state index >= 15 is 0 Å². The van der Waals surface area contributed by atoms with Crippen molar-refractivity contribution >= 4 is 17.4 Å². The van der Waals surface area contributed by atoms with Crippen LogP contribution in [0.15, 0.2) is 78.9 Å². The number of para-hydroxylation sites is 1. The minimum Gasteiger partial charge on any atom is -0.497 e. The molecule has 170 valence electrons. The highest BCUT2D eigenvalue weighted by molar-refractivity contribution is 6.12. The number of methoxy groups -OCH3 is 1. The molecule has 0 aliphatic heterocycles. The van der Waals surface area contributed by atoms with Crippen molar-refractivity contribution in [3.8, 4) is 5.75 Å². The lowest BCUT2D eigenvalue weighted by Gasteiger charge is -2.27. The van der Waals surface area contributed by atoms with Crippen molar-refractivity contribution in [1.29, 1.82) is 0 Å². The first kappa shape index (κ1) is 22.6. The van der Waals surface area contributed by atoms with Gasteiger partial charge in [-0.25, -0.2) is 0 Å². The number of ether oxygens (including phenoxy) is 1. The summed E-state index contributed by atoms with van der Waals surface area (Å²) in [5.74, 6) is 0.554. The molecule has 0 heterocycles. The number of carbonyl (C=O) groups excluding carboxylic acids is 2. The standard InChI is InChI=1S/C28H30N2O3/c1-33-23-18-16-20(17-19-23)26(28(32)29-22-12-6-3-7-13-22)30-25-15-9-8-14-24(25)27(31)21-10-4-2-5-11-21/h2,4-5,8-11,14-19,22,26,30H,3,6-7,12-13H2,1H3,(H,29,32). The average molecular weight is 443 g/mol. The van der Waals surface area contributed by atoms with Crippen molar-refractivity contribution in [3.63, 3.8) is 0 Å². The van der Waals surface area contributed by atoms with Crippen LogP contribution in [0.5, 0.6) is 5.75 Å². The normalized spacial score (nSPS) is 14.8. The molecule has 1 aliphatic rings. The van der Waals surface area contributed by atoms with Gasteiger partial charge in [0.2, 0.25) is 5.91 Å². The molecule has 1 atom stereocenters. The molecule has 3 aromatic rings. The number of hydrogen-bond donors (Lipinski definition) is 2. The van der Waals surface area contributed by atoms with Gasteiger partial charge in [-0.15, -0.1) is 0 Å². The first-order valence-corrected chi connectivity index (χ1v) is 11.6. The second-order valence-electron chi connectivity index (χ2n) is 8.43. The maximum absolute atomic E-state index is 13.4. The predicted octanol–water partition coefficient (Wildman–Crippen LogP) is 5.53. The van der Waals surface area contributed by atoms with E-state index in [-0.39, 0.29) is 17.7 Å². The van der Waals surface area contributed by atoms with Crippen LogP contribution < -0.4 is 15.4 Å². The van der Waals surface area contributed by atoms with E-state index in [4.69, 9.17) is 4.74 Å². The number of amides is 1. The summed E-state index contributed by atoms with van der Waals surface area (Å²) in [5.41, 5.74) is 2.59. The highest BCUT2D eigenvalue weighted by Gasteiger charge is 2.26. The van der Waals surface area contributed by atoms with E-state index in [9.17, 15) is 9.59 Å². The Kier molecular flexibility index (Phi) is 7.40. The Labute approximate surface area is 195 Å². The zero-order valence-electron chi connectivity index (χ0n) is 18.9. The van der Waals surface area contributed by atoms with Gasteiger partial charge in [0.05, 0.1) is 7.11 Å². The van der Waals surface area contributed by atoms with E-state index in [1.165, 1.54) is 6.42 Å². The van der Waals surface area contributed by atoms with E-state index in [1.54, 1.807) is 25.3 Å². The molecule has 0 radical (unpaired) electrons. The zero-order chi connectivity index (χ0) is 23.0. The van der Waals surface area contributed by atoms with E-state index in [2.05, 4.69) is 10.6 Å². The van der Waals surface area contributed by atoms with E-state index < -0.39 is 6.04 Å². The van der Waals surface area contributed by atoms with Crippen LogP contribution >= 0.6 is 0 Å². The van der Waals surface area contributed by atoms with Gasteiger partial charge in [-0.05, 0) is 42.7 Å². The third-order valence-corrected chi connectivity index (χ3v) is 6.17. The van der Waals surface area contributed by atoms with Gasteiger partial charge >= 0.3 is 0 Å². The fourth-order valence-electron chi connectivity index (χ4n) is 4.34. The van der Waals surface area contributed by atoms with Crippen LogP contribution in [-0.2, 0) is 4.79 Å². The lowest BCUT2D eigenvalue weighted by molar-refractivity contribution is -0.122. The SMILES string of the molecule is COc1ccc(C(Nc2ccccc2C(=O)c2ccccc2)C(=O)NC2CCCCC2)cc1. The average Bonchev–Trinajstić information content (AvgIpc) is 2.88. The molecule has 4 rings (SSSR count). The molecule has 2 N–H and O–H groups in total. The number of nitrogens with one attached hydrogen (secondary N) is 2. The van der Waals surface area contributed by atoms with Crippen molar-refractivity contribution in [1.82, 2.24) is 5.32 Å². The molecule has 1 fully saturated rings. The van der Waals surface area contributed by atoms with E-state index in [0.29, 0.717) is 16.8 Å². The number of benzene rings is 3. The highest BCUT2D eigenvalue weighted by Crippen LogP contribution is 2.27. The lowest BCUT2D eigenvalue weighted by atomic mass is 9.94. The van der Waals surface area contributed by atoms with Crippen molar-refractivity contribution in [3.05, 3.63) is 95.6 Å². The number of carbonyl (C=O) groups is 2. The smallest absolute Gasteiger partial charge is 0.247 e. The summed E-state index contributed by atoms with van der Waals surface area (Å²) < 4.78 is 5.28. The molecular weight excluding hydrogens is 412 g/mol. The van der Waals surface area contributed by atoms with Crippen molar-refractivity contribution in [2.45, 2.75) is 44.2 Å². The van der Waals surface area contributed by atoms with Crippen LogP contribution in [0.4, 0.5) is 5.69 Å². The predicted molar refractivity (Wildman–Crippen MR) is 131 cm³/mol. The van der Waals surface area contributed by atoms with Gasteiger partial charge in [0.1, 0.15) is 11.8 Å². The topological polar surface area (TPSA) is 67.4 Å². The first-order chi connectivity index (χ1) is 16.2. The molecule has 0 aromatic heterocycles. The minimum atomic E-state index is -0.637. The monoisotopic (exact) mass is 442 g/mol. The second-order valence-corrected chi connectivity index (χ2v) is 8.43. The van der Waals surface area contributed by atoms with Crippen molar-refractivity contribution in [2.24, 2.45) is 0 Å². The van der Waals surface area contributed by atoms with Gasteiger partial charge in [-0.3, -0.25) is 9.59 Å². The molecule has 1 unspecified atom stereocenters. The third kappa shape index (κ3) is 5.61. The summed E-state index contributed by atoms with van der Waals surface area (Å²) >= 11 is 0. The molecule has 1 amide bonds. The van der Waals surface area contributed by atoms with Crippen LogP contribution in [0.2, 0.25) is 0 Å². The third-order valence-electron chi connectivity index (χ3n) is 6.17. The molecule has 0 spiro atoms. The Bertz CT molecular complexity index is 1070. The summed E-state index contributed by atoms with van der Waals surface area (Å²) in [6.45, 7) is 0. The molecular formula is C28H30N2O3. The Balaban J connectivity index is 1.63. The van der Waals surface area contributed by atoms with Gasteiger partial charge in [0.15, 0.2) is 5.78 Å². The Morgan fingerprint density at radius 3 is 2.21 bits per heavy atom. The fourth-order valence-corrected chi connectivity index (χ4v) is 4.34. The van der Waals surface area contributed by atoms with Crippen molar-refractivity contribution in [2.75, 3.05) is 12.4 Å². The summed E-state index contributed by atoms with van der Waals surface area (Å²) in [5, 5.41) is 6.60. The Morgan fingerprint density at radius 2 is 1.52 bits per heavy atom. The number of hydrogen-bond acceptors (Lipinski definition) is 4. The number of ketones is 1. The molecule has 1 aliphatic carbocycles. The van der Waals surface area contributed by atoms with Crippen molar-refractivity contribution < 1.29 is 14.3 Å². The van der Waals surface area contributed by atoms with Crippen LogP contribution in [0.1, 0.15) is 59.6 Å². The summed E-state index contributed by atoms with van der Waals surface area (Å²) in [7, 11) is 1.62. The quantitative estimate of drug-likeness (QED) is 0.450. The van der Waals surface area contributed by atoms with Crippen LogP contribution in [-0.4, -0.2) is 24.8 Å². The summed E-state index contributed by atoms with van der Waals surface area (Å²) in [6.07, 6.45) is 5.51. The zero-order valence-corrected chi connectivity index (χ0v) is 18.9. The highest BCUT2D eigenvalue weighted by atomic mass is 16.5. The largest absolute Gasteiger partial charge is 0.497 e. The summed E-state index contributed by atoms with van der Waals surface area (Å²) in [6, 6.07) is 23.6. The molecule has 0 bridgehead atoms.